The molecule has 1 amide bonds. The van der Waals surface area contributed by atoms with Crippen LogP contribution < -0.4 is 4.74 Å². The lowest BCUT2D eigenvalue weighted by Crippen LogP contribution is -2.49. The highest BCUT2D eigenvalue weighted by Crippen LogP contribution is 2.25. The highest BCUT2D eigenvalue weighted by Gasteiger charge is 2.24. The van der Waals surface area contributed by atoms with E-state index in [-0.39, 0.29) is 30.8 Å². The number of methoxy groups -OCH3 is 2. The van der Waals surface area contributed by atoms with Crippen molar-refractivity contribution in [3.8, 4) is 11.8 Å². The summed E-state index contributed by atoms with van der Waals surface area (Å²) in [5.41, 5.74) is 2.63. The predicted octanol–water partition coefficient (Wildman–Crippen LogP) is 2.92. The average Bonchev–Trinajstić information content (AvgIpc) is 2.90. The zero-order valence-electron chi connectivity index (χ0n) is 19.7. The van der Waals surface area contributed by atoms with E-state index >= 15 is 0 Å². The Morgan fingerprint density at radius 1 is 1.03 bits per heavy atom. The number of hydrogen-bond donors (Lipinski definition) is 0. The Kier molecular flexibility index (Phi) is 9.44. The Balaban J connectivity index is 1.60. The van der Waals surface area contributed by atoms with Crippen LogP contribution >= 0.6 is 0 Å². The molecular formula is C26H31N3O5. The fraction of sp³-hybridized carbons (Fsp3) is 0.423. The monoisotopic (exact) mass is 465 g/mol. The number of nitriles is 1. The van der Waals surface area contributed by atoms with Gasteiger partial charge in [-0.15, -0.1) is 0 Å². The number of ether oxygens (including phenoxy) is 3. The van der Waals surface area contributed by atoms with Gasteiger partial charge in [0.2, 0.25) is 5.91 Å². The van der Waals surface area contributed by atoms with E-state index in [2.05, 4.69) is 15.7 Å². The number of carbonyl (C=O) groups is 2. The fourth-order valence-corrected chi connectivity index (χ4v) is 3.85. The Bertz CT molecular complexity index is 994. The SMILES string of the molecule is COC(=O)CCC(=O)N1CCN(C[C@@H](OCc2ccc(C#N)cc2)c2cccc(OC)c2)CC1. The molecule has 2 aromatic carbocycles. The molecule has 1 heterocycles. The van der Waals surface area contributed by atoms with Gasteiger partial charge in [0.15, 0.2) is 0 Å². The Morgan fingerprint density at radius 2 is 1.76 bits per heavy atom. The third-order valence-electron chi connectivity index (χ3n) is 5.92. The molecule has 1 aliphatic heterocycles. The van der Waals surface area contributed by atoms with E-state index in [1.807, 2.05) is 36.4 Å². The standard InChI is InChI=1S/C26H31N3O5/c1-32-23-5-3-4-22(16-23)24(34-19-21-8-6-20(17-27)7-9-21)18-28-12-14-29(15-13-28)25(30)10-11-26(31)33-2/h3-9,16,24H,10-15,18-19H2,1-2H3/t24-/m1/s1. The Hall–Kier alpha value is -3.41. The summed E-state index contributed by atoms with van der Waals surface area (Å²) < 4.78 is 16.3. The van der Waals surface area contributed by atoms with Gasteiger partial charge >= 0.3 is 5.97 Å². The molecule has 0 bridgehead atoms. The second kappa shape index (κ2) is 12.7. The number of nitrogens with zero attached hydrogens (tertiary/aromatic N) is 3. The summed E-state index contributed by atoms with van der Waals surface area (Å²) in [5, 5.41) is 9.00. The summed E-state index contributed by atoms with van der Waals surface area (Å²) in [6.07, 6.45) is 0.0935. The van der Waals surface area contributed by atoms with Crippen molar-refractivity contribution >= 4 is 11.9 Å². The van der Waals surface area contributed by atoms with Gasteiger partial charge in [-0.1, -0.05) is 24.3 Å². The van der Waals surface area contributed by atoms with Crippen molar-refractivity contribution in [3.63, 3.8) is 0 Å². The van der Waals surface area contributed by atoms with Crippen molar-refractivity contribution in [2.75, 3.05) is 46.9 Å². The zero-order valence-corrected chi connectivity index (χ0v) is 19.7. The van der Waals surface area contributed by atoms with Gasteiger partial charge in [0.1, 0.15) is 5.75 Å². The number of carbonyl (C=O) groups excluding carboxylic acids is 2. The van der Waals surface area contributed by atoms with Gasteiger partial charge in [0.05, 0.1) is 45.0 Å². The first-order valence-electron chi connectivity index (χ1n) is 11.3. The van der Waals surface area contributed by atoms with Gasteiger partial charge in [0.25, 0.3) is 0 Å². The number of esters is 1. The van der Waals surface area contributed by atoms with Crippen LogP contribution in [0.3, 0.4) is 0 Å². The molecular weight excluding hydrogens is 434 g/mol. The average molecular weight is 466 g/mol. The second-order valence-corrected chi connectivity index (χ2v) is 8.14. The van der Waals surface area contributed by atoms with Crippen molar-refractivity contribution in [1.82, 2.24) is 9.80 Å². The van der Waals surface area contributed by atoms with E-state index in [4.69, 9.17) is 14.7 Å². The third-order valence-corrected chi connectivity index (χ3v) is 5.92. The van der Waals surface area contributed by atoms with Crippen LogP contribution in [-0.4, -0.2) is 68.6 Å². The summed E-state index contributed by atoms with van der Waals surface area (Å²) >= 11 is 0. The number of hydrogen-bond acceptors (Lipinski definition) is 7. The van der Waals surface area contributed by atoms with Crippen molar-refractivity contribution in [3.05, 3.63) is 65.2 Å². The quantitative estimate of drug-likeness (QED) is 0.498. The van der Waals surface area contributed by atoms with Gasteiger partial charge in [-0.25, -0.2) is 0 Å². The predicted molar refractivity (Wildman–Crippen MR) is 126 cm³/mol. The minimum absolute atomic E-state index is 0.0218. The summed E-state index contributed by atoms with van der Waals surface area (Å²) in [4.78, 5) is 27.8. The number of benzene rings is 2. The van der Waals surface area contributed by atoms with Crippen molar-refractivity contribution < 1.29 is 23.8 Å². The fourth-order valence-electron chi connectivity index (χ4n) is 3.85. The smallest absolute Gasteiger partial charge is 0.306 e. The third kappa shape index (κ3) is 7.30. The van der Waals surface area contributed by atoms with Crippen LogP contribution in [0.25, 0.3) is 0 Å². The number of rotatable bonds is 10. The molecule has 180 valence electrons. The summed E-state index contributed by atoms with van der Waals surface area (Å²) in [7, 11) is 2.97. The van der Waals surface area contributed by atoms with Gasteiger partial charge < -0.3 is 19.1 Å². The first kappa shape index (κ1) is 25.2. The minimum Gasteiger partial charge on any atom is -0.497 e. The van der Waals surface area contributed by atoms with Crippen molar-refractivity contribution in [2.24, 2.45) is 0 Å². The largest absolute Gasteiger partial charge is 0.497 e. The molecule has 0 N–H and O–H groups in total. The van der Waals surface area contributed by atoms with Crippen LogP contribution in [-0.2, 0) is 25.7 Å². The van der Waals surface area contributed by atoms with Crippen LogP contribution in [0.15, 0.2) is 48.5 Å². The van der Waals surface area contributed by atoms with E-state index in [1.165, 1.54) is 7.11 Å². The molecule has 2 aromatic rings. The van der Waals surface area contributed by atoms with Crippen molar-refractivity contribution in [1.29, 1.82) is 5.26 Å². The number of piperazine rings is 1. The maximum atomic E-state index is 12.4. The summed E-state index contributed by atoms with van der Waals surface area (Å²) in [6.45, 7) is 3.77. The molecule has 8 nitrogen and oxygen atoms in total. The molecule has 1 fully saturated rings. The second-order valence-electron chi connectivity index (χ2n) is 8.14. The Labute approximate surface area is 200 Å². The molecule has 0 spiro atoms. The van der Waals surface area contributed by atoms with Crippen LogP contribution in [0.5, 0.6) is 5.75 Å². The Morgan fingerprint density at radius 3 is 2.41 bits per heavy atom. The molecule has 0 radical (unpaired) electrons. The van der Waals surface area contributed by atoms with Gasteiger partial charge in [0, 0.05) is 39.1 Å². The molecule has 0 aliphatic carbocycles. The molecule has 1 saturated heterocycles. The molecule has 1 atom stereocenters. The van der Waals surface area contributed by atoms with Gasteiger partial charge in [-0.05, 0) is 35.4 Å². The minimum atomic E-state index is -0.368. The normalized spacial score (nSPS) is 14.8. The van der Waals surface area contributed by atoms with Crippen LogP contribution in [0.1, 0.15) is 35.6 Å². The molecule has 0 saturated carbocycles. The molecule has 1 aliphatic rings. The molecule has 8 heteroatoms. The highest BCUT2D eigenvalue weighted by molar-refractivity contribution is 5.81. The molecule has 34 heavy (non-hydrogen) atoms. The molecule has 0 unspecified atom stereocenters. The zero-order chi connectivity index (χ0) is 24.3. The van der Waals surface area contributed by atoms with E-state index in [1.54, 1.807) is 24.1 Å². The van der Waals surface area contributed by atoms with E-state index in [9.17, 15) is 9.59 Å². The van der Waals surface area contributed by atoms with E-state index in [0.717, 1.165) is 30.0 Å². The first-order chi connectivity index (χ1) is 16.5. The summed E-state index contributed by atoms with van der Waals surface area (Å²) in [5.74, 6) is 0.379. The van der Waals surface area contributed by atoms with Gasteiger partial charge in [-0.3, -0.25) is 14.5 Å². The van der Waals surface area contributed by atoms with Crippen LogP contribution in [0, 0.1) is 11.3 Å². The van der Waals surface area contributed by atoms with Gasteiger partial charge in [-0.2, -0.15) is 5.26 Å². The van der Waals surface area contributed by atoms with Crippen molar-refractivity contribution in [2.45, 2.75) is 25.6 Å². The molecule has 3 rings (SSSR count). The van der Waals surface area contributed by atoms with Crippen LogP contribution in [0.2, 0.25) is 0 Å². The lowest BCUT2D eigenvalue weighted by atomic mass is 10.1. The number of amides is 1. The van der Waals surface area contributed by atoms with Crippen LogP contribution in [0.4, 0.5) is 0 Å². The lowest BCUT2D eigenvalue weighted by molar-refractivity contribution is -0.144. The lowest BCUT2D eigenvalue weighted by Gasteiger charge is -2.36. The summed E-state index contributed by atoms with van der Waals surface area (Å²) in [6, 6.07) is 17.4. The van der Waals surface area contributed by atoms with E-state index < -0.39 is 0 Å². The van der Waals surface area contributed by atoms with E-state index in [0.29, 0.717) is 31.8 Å². The maximum Gasteiger partial charge on any atom is 0.306 e. The first-order valence-corrected chi connectivity index (χ1v) is 11.3. The topological polar surface area (TPSA) is 92.1 Å². The highest BCUT2D eigenvalue weighted by atomic mass is 16.5. The molecule has 0 aromatic heterocycles. The maximum absolute atomic E-state index is 12.4.